The maximum absolute atomic E-state index is 5.87. The van der Waals surface area contributed by atoms with Gasteiger partial charge in [0.1, 0.15) is 5.82 Å². The molecule has 0 bridgehead atoms. The van der Waals surface area contributed by atoms with Crippen LogP contribution in [0.5, 0.6) is 0 Å². The van der Waals surface area contributed by atoms with Gasteiger partial charge in [0.15, 0.2) is 5.82 Å². The van der Waals surface area contributed by atoms with Gasteiger partial charge < -0.3 is 25.8 Å². The Bertz CT molecular complexity index is 1850. The van der Waals surface area contributed by atoms with Crippen LogP contribution in [0.4, 0.5) is 5.69 Å². The predicted molar refractivity (Wildman–Crippen MR) is 243 cm³/mol. The molecule has 3 aromatic carbocycles. The number of nitrogens with zero attached hydrogens (tertiary/aromatic N) is 7. The van der Waals surface area contributed by atoms with Crippen molar-refractivity contribution in [2.75, 3.05) is 42.3 Å². The van der Waals surface area contributed by atoms with E-state index >= 15 is 0 Å². The summed E-state index contributed by atoms with van der Waals surface area (Å²) in [6.07, 6.45) is 2.20. The van der Waals surface area contributed by atoms with Crippen molar-refractivity contribution in [2.45, 2.75) is 119 Å². The zero-order valence-corrected chi connectivity index (χ0v) is 42.0. The van der Waals surface area contributed by atoms with E-state index in [-0.39, 0.29) is 31.9 Å². The molecule has 2 aromatic heterocycles. The Hall–Kier alpha value is -3.04. The van der Waals surface area contributed by atoms with Gasteiger partial charge in [-0.1, -0.05) is 129 Å². The Labute approximate surface area is 361 Å². The van der Waals surface area contributed by atoms with Crippen LogP contribution in [0, 0.1) is 13.8 Å². The van der Waals surface area contributed by atoms with Gasteiger partial charge in [-0.2, -0.15) is 42.3 Å². The monoisotopic (exact) mass is 928 g/mol. The molecule has 304 valence electrons. The zero-order chi connectivity index (χ0) is 41.7. The van der Waals surface area contributed by atoms with Crippen LogP contribution >= 0.6 is 0 Å². The van der Waals surface area contributed by atoms with Gasteiger partial charge in [-0.15, -0.1) is 5.69 Å². The smallest absolute Gasteiger partial charge is 0.671 e. The van der Waals surface area contributed by atoms with E-state index in [1.54, 1.807) is 42.3 Å². The summed E-state index contributed by atoms with van der Waals surface area (Å²) in [5, 5.41) is 17.6. The summed E-state index contributed by atoms with van der Waals surface area (Å²) in [4.78, 5) is 5.52. The molecule has 56 heavy (non-hydrogen) atoms. The molecular formula is C48H73HfN7. The number of para-hydroxylation sites is 2. The van der Waals surface area contributed by atoms with E-state index < -0.39 is 0 Å². The largest absolute Gasteiger partial charge is 4.00 e. The van der Waals surface area contributed by atoms with Crippen molar-refractivity contribution in [1.29, 1.82) is 0 Å². The first kappa shape index (κ1) is 51.0. The van der Waals surface area contributed by atoms with Crippen LogP contribution < -0.4 is 0 Å². The van der Waals surface area contributed by atoms with Crippen molar-refractivity contribution in [3.05, 3.63) is 133 Å². The summed E-state index contributed by atoms with van der Waals surface area (Å²) < 4.78 is 4.55. The number of rotatable bonds is 10. The Morgan fingerprint density at radius 1 is 0.589 bits per heavy atom. The first-order valence-corrected chi connectivity index (χ1v) is 20.0. The zero-order valence-electron chi connectivity index (χ0n) is 38.4. The van der Waals surface area contributed by atoms with E-state index in [4.69, 9.17) is 10.3 Å². The number of benzene rings is 3. The minimum absolute atomic E-state index is 0. The van der Waals surface area contributed by atoms with Crippen LogP contribution in [-0.4, -0.2) is 56.4 Å². The number of aryl methyl sites for hydroxylation is 2. The van der Waals surface area contributed by atoms with Crippen LogP contribution in [-0.2, 0) is 32.9 Å². The first-order chi connectivity index (χ1) is 26.0. The van der Waals surface area contributed by atoms with Gasteiger partial charge in [0.05, 0.1) is 5.52 Å². The maximum atomic E-state index is 5.87. The third-order valence-electron chi connectivity index (χ3n) is 9.85. The number of hydrogen-bond acceptors (Lipinski definition) is 1. The van der Waals surface area contributed by atoms with Crippen LogP contribution in [0.2, 0.25) is 0 Å². The number of fused-ring (bicyclic) bond motifs is 1. The van der Waals surface area contributed by atoms with Crippen molar-refractivity contribution >= 4 is 16.6 Å². The molecule has 2 heterocycles. The van der Waals surface area contributed by atoms with Gasteiger partial charge >= 0.3 is 25.8 Å². The molecule has 1 unspecified atom stereocenters. The second-order valence-corrected chi connectivity index (χ2v) is 16.2. The van der Waals surface area contributed by atoms with Crippen molar-refractivity contribution < 1.29 is 25.8 Å². The molecule has 7 nitrogen and oxygen atoms in total. The molecule has 5 aromatic rings. The average molecular weight is 927 g/mol. The standard InChI is InChI=1S/C42H55N4.3C2H6N.Hf/c1-24(2)31-21-35(27(7)8)39(36(22-31)28(9)10)41(44-40-32(25(3)4)18-16-19-33(40)26(5)6)42-43-38(23-45(42)13)46-30(12)29(11)34-17-14-15-20-37(34)46;3*1-3-2;/h14-28,41H,1-13H3;3*1-2H3;/q4*-1;+4. The van der Waals surface area contributed by atoms with Gasteiger partial charge in [0.2, 0.25) is 0 Å². The van der Waals surface area contributed by atoms with E-state index in [1.165, 1.54) is 55.5 Å². The molecule has 5 rings (SSSR count). The fraction of sp³-hybridized carbons (Fsp3) is 0.521. The summed E-state index contributed by atoms with van der Waals surface area (Å²) in [6, 6.07) is 20.0. The first-order valence-electron chi connectivity index (χ1n) is 20.0. The number of imidazole rings is 1. The molecule has 0 radical (unpaired) electrons. The molecule has 8 heteroatoms. The minimum Gasteiger partial charge on any atom is -0.671 e. The molecule has 0 aliphatic carbocycles. The third kappa shape index (κ3) is 12.2. The third-order valence-corrected chi connectivity index (χ3v) is 9.85. The molecule has 0 amide bonds. The molecular weight excluding hydrogens is 853 g/mol. The Morgan fingerprint density at radius 2 is 1.04 bits per heavy atom. The Kier molecular flexibility index (Phi) is 21.9. The summed E-state index contributed by atoms with van der Waals surface area (Å²) in [5.74, 6) is 3.74. The summed E-state index contributed by atoms with van der Waals surface area (Å²) in [6.45, 7) is 27.5. The Balaban J connectivity index is 0.00000143. The van der Waals surface area contributed by atoms with Crippen LogP contribution in [0.15, 0.2) is 60.8 Å². The number of aromatic nitrogens is 3. The second kappa shape index (κ2) is 24.0. The van der Waals surface area contributed by atoms with E-state index in [1.807, 2.05) is 0 Å². The van der Waals surface area contributed by atoms with Gasteiger partial charge in [-0.3, -0.25) is 4.57 Å². The fourth-order valence-electron chi connectivity index (χ4n) is 7.02. The summed E-state index contributed by atoms with van der Waals surface area (Å²) in [7, 11) is 12.6. The summed E-state index contributed by atoms with van der Waals surface area (Å²) in [5.41, 5.74) is 12.9. The predicted octanol–water partition coefficient (Wildman–Crippen LogP) is 14.2. The molecule has 1 atom stereocenters. The molecule has 0 N–H and O–H groups in total. The van der Waals surface area contributed by atoms with Crippen LogP contribution in [0.3, 0.4) is 0 Å². The van der Waals surface area contributed by atoms with Gasteiger partial charge in [0, 0.05) is 24.3 Å². The van der Waals surface area contributed by atoms with Crippen LogP contribution in [0.25, 0.3) is 38.0 Å². The molecule has 0 saturated heterocycles. The number of hydrogen-bond donors (Lipinski definition) is 0. The van der Waals surface area contributed by atoms with E-state index in [0.717, 1.165) is 17.3 Å². The van der Waals surface area contributed by atoms with E-state index in [2.05, 4.69) is 176 Å². The van der Waals surface area contributed by atoms with Gasteiger partial charge in [-0.25, -0.2) is 4.98 Å². The molecule has 0 fully saturated rings. The molecule has 0 saturated carbocycles. The topological polar surface area (TPSA) is 79.2 Å². The van der Waals surface area contributed by atoms with Crippen molar-refractivity contribution in [3.63, 3.8) is 0 Å². The Morgan fingerprint density at radius 3 is 1.46 bits per heavy atom. The molecule has 0 aliphatic rings. The van der Waals surface area contributed by atoms with Crippen molar-refractivity contribution in [1.82, 2.24) is 14.1 Å². The second-order valence-electron chi connectivity index (χ2n) is 16.2. The summed E-state index contributed by atoms with van der Waals surface area (Å²) >= 11 is 0. The minimum atomic E-state index is -0.268. The molecule has 0 aliphatic heterocycles. The fourth-order valence-corrected chi connectivity index (χ4v) is 7.02. The van der Waals surface area contributed by atoms with Crippen LogP contribution in [0.1, 0.15) is 155 Å². The van der Waals surface area contributed by atoms with Crippen molar-refractivity contribution in [2.24, 2.45) is 7.05 Å². The molecule has 0 spiro atoms. The maximum Gasteiger partial charge on any atom is 4.00 e. The normalized spacial score (nSPS) is 11.6. The van der Waals surface area contributed by atoms with E-state index in [0.29, 0.717) is 29.6 Å². The van der Waals surface area contributed by atoms with Gasteiger partial charge in [0.25, 0.3) is 0 Å². The quantitative estimate of drug-likeness (QED) is 0.129. The SMILES string of the molecule is C[N-]C.C[N-]C.C[N-]C.Cc1c(C)n(-c2cn(C)c(C([N-]c3c(C(C)C)cccc3C(C)C)c3c(C(C)C)cc(C(C)C)cc3C(C)C)n2)c2ccccc12.[Hf+4]. The van der Waals surface area contributed by atoms with E-state index in [9.17, 15) is 0 Å². The van der Waals surface area contributed by atoms with Crippen molar-refractivity contribution in [3.8, 4) is 5.82 Å². The average Bonchev–Trinajstić information content (AvgIpc) is 3.62. The van der Waals surface area contributed by atoms with Gasteiger partial charge in [-0.05, 0) is 83.4 Å².